The van der Waals surface area contributed by atoms with E-state index in [2.05, 4.69) is 28.4 Å². The van der Waals surface area contributed by atoms with Crippen molar-refractivity contribution in [1.29, 1.82) is 0 Å². The van der Waals surface area contributed by atoms with E-state index >= 15 is 0 Å². The maximum absolute atomic E-state index is 13.2. The lowest BCUT2D eigenvalue weighted by atomic mass is 10.1. The molecular formula is C28H28N4O5S2. The fourth-order valence-corrected chi connectivity index (χ4v) is 5.41. The summed E-state index contributed by atoms with van der Waals surface area (Å²) in [5, 5.41) is 5.95. The third-order valence-electron chi connectivity index (χ3n) is 5.94. The number of carbonyl (C=O) groups excluding carboxylic acids is 2. The number of ether oxygens (including phenoxy) is 1. The molecule has 0 saturated carbocycles. The summed E-state index contributed by atoms with van der Waals surface area (Å²) in [7, 11) is -3.03. The molecule has 0 aliphatic carbocycles. The molecule has 3 aromatic carbocycles. The number of fused-ring (bicyclic) bond motifs is 1. The minimum absolute atomic E-state index is 0.101. The molecule has 0 radical (unpaired) electrons. The summed E-state index contributed by atoms with van der Waals surface area (Å²) in [6.07, 6.45) is 2.42. The quantitative estimate of drug-likeness (QED) is 0.251. The number of urea groups is 1. The lowest BCUT2D eigenvalue weighted by Gasteiger charge is -2.19. The van der Waals surface area contributed by atoms with Gasteiger partial charge < -0.3 is 15.4 Å². The van der Waals surface area contributed by atoms with E-state index in [0.717, 1.165) is 16.5 Å². The Labute approximate surface area is 232 Å². The van der Waals surface area contributed by atoms with Crippen molar-refractivity contribution in [2.24, 2.45) is 0 Å². The molecular weight excluding hydrogens is 536 g/mol. The van der Waals surface area contributed by atoms with E-state index in [4.69, 9.17) is 4.74 Å². The van der Waals surface area contributed by atoms with Crippen LogP contribution in [0.25, 0.3) is 10.9 Å². The Kier molecular flexibility index (Phi) is 9.05. The molecule has 2 N–H and O–H groups in total. The molecule has 3 amide bonds. The largest absolute Gasteiger partial charge is 0.492 e. The third kappa shape index (κ3) is 6.87. The van der Waals surface area contributed by atoms with E-state index in [9.17, 15) is 18.0 Å². The van der Waals surface area contributed by atoms with Crippen molar-refractivity contribution in [2.45, 2.75) is 17.7 Å². The summed E-state index contributed by atoms with van der Waals surface area (Å²) in [5.41, 5.74) is 2.89. The van der Waals surface area contributed by atoms with E-state index in [-0.39, 0.29) is 29.7 Å². The maximum Gasteiger partial charge on any atom is 0.341 e. The second-order valence-electron chi connectivity index (χ2n) is 8.59. The number of sulfonamides is 1. The van der Waals surface area contributed by atoms with E-state index in [1.807, 2.05) is 54.6 Å². The molecule has 0 saturated heterocycles. The van der Waals surface area contributed by atoms with Crippen LogP contribution in [-0.4, -0.2) is 49.2 Å². The van der Waals surface area contributed by atoms with Gasteiger partial charge in [-0.25, -0.2) is 4.79 Å². The Morgan fingerprint density at radius 2 is 1.69 bits per heavy atom. The minimum atomic E-state index is -4.34. The standard InChI is InChI=1S/C28H28N4O5S2/c1-29-28(34)32(38)39(35,36)26-17-21(11-12-25(26)37-16-14-20-7-3-2-4-8-20)13-15-30-27(33)23-18-22-9-5-6-10-24(22)31-19-23/h2-12,17-19,38H,13-16H2,1H3,(H,29,34)(H,30,33). The predicted octanol–water partition coefficient (Wildman–Crippen LogP) is 4.00. The molecule has 4 aromatic rings. The van der Waals surface area contributed by atoms with Crippen molar-refractivity contribution < 1.29 is 22.7 Å². The SMILES string of the molecule is CNC(=O)N(S)S(=O)(=O)c1cc(CCNC(=O)c2cnc3ccccc3c2)ccc1OCCc1ccccc1. The first-order chi connectivity index (χ1) is 18.8. The maximum atomic E-state index is 13.2. The molecule has 9 nitrogen and oxygen atoms in total. The molecule has 0 atom stereocenters. The van der Waals surface area contributed by atoms with Gasteiger partial charge in [0.25, 0.3) is 15.9 Å². The Morgan fingerprint density at radius 1 is 0.949 bits per heavy atom. The number of hydrogen-bond donors (Lipinski definition) is 3. The minimum Gasteiger partial charge on any atom is -0.492 e. The van der Waals surface area contributed by atoms with Gasteiger partial charge >= 0.3 is 6.03 Å². The highest BCUT2D eigenvalue weighted by Crippen LogP contribution is 2.29. The average molecular weight is 565 g/mol. The van der Waals surface area contributed by atoms with Gasteiger partial charge in [0.05, 0.1) is 17.7 Å². The van der Waals surface area contributed by atoms with Crippen LogP contribution in [0, 0.1) is 0 Å². The monoisotopic (exact) mass is 564 g/mol. The third-order valence-corrected chi connectivity index (χ3v) is 8.27. The summed E-state index contributed by atoms with van der Waals surface area (Å²) in [6, 6.07) is 22.7. The number of aromatic nitrogens is 1. The molecule has 11 heteroatoms. The van der Waals surface area contributed by atoms with Crippen molar-refractivity contribution in [3.8, 4) is 5.75 Å². The van der Waals surface area contributed by atoms with Gasteiger partial charge in [-0.3, -0.25) is 9.78 Å². The number of nitrogens with one attached hydrogen (secondary N) is 2. The van der Waals surface area contributed by atoms with Gasteiger partial charge in [0, 0.05) is 31.6 Å². The Hall–Kier alpha value is -4.09. The first-order valence-corrected chi connectivity index (χ1v) is 14.0. The molecule has 0 unspecified atom stereocenters. The number of para-hydroxylation sites is 1. The van der Waals surface area contributed by atoms with Crippen molar-refractivity contribution in [3.05, 3.63) is 102 Å². The van der Waals surface area contributed by atoms with Gasteiger partial charge in [0.1, 0.15) is 10.6 Å². The van der Waals surface area contributed by atoms with Crippen LogP contribution in [0.1, 0.15) is 21.5 Å². The van der Waals surface area contributed by atoms with E-state index in [1.165, 1.54) is 19.3 Å². The molecule has 0 fully saturated rings. The number of nitrogens with zero attached hydrogens (tertiary/aromatic N) is 2. The van der Waals surface area contributed by atoms with Gasteiger partial charge in [0.2, 0.25) is 0 Å². The molecule has 202 valence electrons. The van der Waals surface area contributed by atoms with Crippen LogP contribution < -0.4 is 15.4 Å². The molecule has 0 bridgehead atoms. The lowest BCUT2D eigenvalue weighted by Crippen LogP contribution is -2.36. The van der Waals surface area contributed by atoms with E-state index in [0.29, 0.717) is 27.7 Å². The zero-order valence-electron chi connectivity index (χ0n) is 21.2. The molecule has 0 spiro atoms. The molecule has 4 rings (SSSR count). The van der Waals surface area contributed by atoms with Crippen LogP contribution in [-0.2, 0) is 22.9 Å². The number of benzene rings is 3. The van der Waals surface area contributed by atoms with Crippen molar-refractivity contribution in [1.82, 2.24) is 19.3 Å². The molecule has 39 heavy (non-hydrogen) atoms. The normalized spacial score (nSPS) is 11.1. The number of amides is 3. The second kappa shape index (κ2) is 12.6. The summed E-state index contributed by atoms with van der Waals surface area (Å²) in [5.74, 6) is -0.188. The molecule has 1 aromatic heterocycles. The van der Waals surface area contributed by atoms with Crippen LogP contribution in [0.2, 0.25) is 0 Å². The first-order valence-electron chi connectivity index (χ1n) is 12.2. The molecule has 0 aliphatic rings. The number of rotatable bonds is 10. The number of thiol groups is 1. The number of hydrogen-bond acceptors (Lipinski definition) is 7. The first kappa shape index (κ1) is 27.9. The van der Waals surface area contributed by atoms with Gasteiger partial charge in [0.15, 0.2) is 0 Å². The summed E-state index contributed by atoms with van der Waals surface area (Å²) < 4.78 is 32.7. The van der Waals surface area contributed by atoms with E-state index in [1.54, 1.807) is 18.2 Å². The van der Waals surface area contributed by atoms with Crippen molar-refractivity contribution in [2.75, 3.05) is 20.2 Å². The van der Waals surface area contributed by atoms with Crippen LogP contribution in [0.3, 0.4) is 0 Å². The van der Waals surface area contributed by atoms with Crippen molar-refractivity contribution >= 4 is 45.7 Å². The lowest BCUT2D eigenvalue weighted by molar-refractivity contribution is 0.0954. The Morgan fingerprint density at radius 3 is 2.46 bits per heavy atom. The van der Waals surface area contributed by atoms with Gasteiger partial charge in [-0.15, -0.1) is 0 Å². The predicted molar refractivity (Wildman–Crippen MR) is 152 cm³/mol. The van der Waals surface area contributed by atoms with Crippen LogP contribution in [0.4, 0.5) is 4.79 Å². The van der Waals surface area contributed by atoms with Crippen LogP contribution in [0.15, 0.2) is 90.0 Å². The Balaban J connectivity index is 1.48. The summed E-state index contributed by atoms with van der Waals surface area (Å²) in [6.45, 7) is 0.480. The van der Waals surface area contributed by atoms with E-state index < -0.39 is 16.1 Å². The number of pyridine rings is 1. The van der Waals surface area contributed by atoms with Crippen LogP contribution >= 0.6 is 12.8 Å². The fourth-order valence-electron chi connectivity index (χ4n) is 3.87. The highest BCUT2D eigenvalue weighted by molar-refractivity contribution is 8.00. The smallest absolute Gasteiger partial charge is 0.341 e. The molecule has 0 aliphatic heterocycles. The molecule has 1 heterocycles. The van der Waals surface area contributed by atoms with Gasteiger partial charge in [-0.05, 0) is 54.6 Å². The zero-order valence-corrected chi connectivity index (χ0v) is 22.9. The van der Waals surface area contributed by atoms with Gasteiger partial charge in [-0.2, -0.15) is 12.1 Å². The summed E-state index contributed by atoms with van der Waals surface area (Å²) >= 11 is 3.91. The number of carbonyl (C=O) groups is 2. The fraction of sp³-hybridized carbons (Fsp3) is 0.179. The van der Waals surface area contributed by atoms with Gasteiger partial charge in [-0.1, -0.05) is 54.6 Å². The summed E-state index contributed by atoms with van der Waals surface area (Å²) in [4.78, 5) is 28.8. The topological polar surface area (TPSA) is 118 Å². The Bertz CT molecular complexity index is 1580. The average Bonchev–Trinajstić information content (AvgIpc) is 2.97. The van der Waals surface area contributed by atoms with Crippen LogP contribution in [0.5, 0.6) is 5.75 Å². The van der Waals surface area contributed by atoms with Crippen molar-refractivity contribution in [3.63, 3.8) is 0 Å². The highest BCUT2D eigenvalue weighted by Gasteiger charge is 2.30. The second-order valence-corrected chi connectivity index (χ2v) is 11.0. The highest BCUT2D eigenvalue weighted by atomic mass is 32.3. The zero-order chi connectivity index (χ0) is 27.8.